The number of thiazole rings is 2. The van der Waals surface area contributed by atoms with E-state index in [0.29, 0.717) is 77.0 Å². The number of fused-ring (bicyclic) bond motifs is 2. The maximum atomic E-state index is 14.6. The van der Waals surface area contributed by atoms with Crippen LogP contribution in [0.15, 0.2) is 132 Å². The molecule has 12 rings (SSSR count). The molecule has 6 atom stereocenters. The van der Waals surface area contributed by atoms with E-state index in [2.05, 4.69) is 43.9 Å². The molecule has 2 aromatic heterocycles. The molecule has 4 aliphatic rings. The number of nitrogens with one attached hydrogen (secondary N) is 3. The van der Waals surface area contributed by atoms with Gasteiger partial charge in [-0.2, -0.15) is 0 Å². The van der Waals surface area contributed by atoms with Gasteiger partial charge in [-0.05, 0) is 215 Å². The van der Waals surface area contributed by atoms with Crippen molar-refractivity contribution in [3.05, 3.63) is 159 Å². The fraction of sp³-hybridized carbons (Fsp3) is 0.525. The third-order valence-electron chi connectivity index (χ3n) is 23.3. The van der Waals surface area contributed by atoms with E-state index in [-0.39, 0.29) is 176 Å². The molecule has 6 aromatic carbocycles. The number of esters is 2. The SMILES string of the molecule is CCCOCCOCCCc1ccc(C(=O)OC)cc1.COC(=O)c1ccc(NCCOCCOCCOc2ccc(-c3csc([C@@H]4CCCN4C(=O)[C@@H](NC(=O)[C@H](C)N(C)C(=O)OC(C)(C)C)C4CCCCC4)n3)c3ccccc23)cc1.C[C@@H](C(=O)N[C@H](C(=O)N1CCC[C@H]1c1nc(-c2ccc(O)c3ccccc23)cs1)C1CCCCC1)N(C)C(=O)OC(C)(C)C.O=CO[O-].[H-].[K+].[K+]. The second kappa shape index (κ2) is 57.6. The van der Waals surface area contributed by atoms with Crippen molar-refractivity contribution in [2.24, 2.45) is 11.8 Å². The number of phenols is 1. The van der Waals surface area contributed by atoms with Gasteiger partial charge in [0.05, 0.1) is 88.5 Å². The molecule has 4 N–H and O–H groups in total. The van der Waals surface area contributed by atoms with Crippen LogP contribution in [0.1, 0.15) is 215 Å². The number of amides is 6. The minimum atomic E-state index is -0.826. The van der Waals surface area contributed by atoms with E-state index in [1.165, 1.54) is 29.6 Å². The average molecular weight is 1930 g/mol. The number of rotatable bonds is 37. The van der Waals surface area contributed by atoms with Gasteiger partial charge in [0, 0.05) is 85.3 Å². The molecular weight excluding hydrogens is 1790 g/mol. The monoisotopic (exact) mass is 1930 g/mol. The third kappa shape index (κ3) is 34.5. The van der Waals surface area contributed by atoms with Crippen LogP contribution >= 0.6 is 22.7 Å². The van der Waals surface area contributed by atoms with Gasteiger partial charge in [0.15, 0.2) is 0 Å². The normalized spacial score (nSPS) is 15.9. The van der Waals surface area contributed by atoms with Crippen molar-refractivity contribution in [2.45, 2.75) is 219 Å². The summed E-state index contributed by atoms with van der Waals surface area (Å²) in [6.07, 6.45) is 14.9. The van der Waals surface area contributed by atoms with Gasteiger partial charge in [0.2, 0.25) is 23.6 Å². The van der Waals surface area contributed by atoms with Crippen LogP contribution in [0.2, 0.25) is 0 Å². The molecule has 30 nitrogen and oxygen atoms in total. The number of methoxy groups -OCH3 is 2. The van der Waals surface area contributed by atoms with Gasteiger partial charge < -0.3 is 85.1 Å². The minimum absolute atomic E-state index is 0. The first kappa shape index (κ1) is 112. The zero-order valence-electron chi connectivity index (χ0n) is 81.0. The van der Waals surface area contributed by atoms with Crippen LogP contribution in [0.3, 0.4) is 0 Å². The molecular formula is C99H133K2N9O21S2. The van der Waals surface area contributed by atoms with Crippen LogP contribution in [0, 0.1) is 11.8 Å². The van der Waals surface area contributed by atoms with E-state index < -0.39 is 47.6 Å². The average Bonchev–Trinajstić information content (AvgIpc) is 1.57. The molecule has 6 amide bonds. The number of hydrogen-bond donors (Lipinski definition) is 4. The van der Waals surface area contributed by atoms with Crippen molar-refractivity contribution in [1.29, 1.82) is 0 Å². The summed E-state index contributed by atoms with van der Waals surface area (Å²) in [4.78, 5) is 132. The maximum absolute atomic E-state index is 14.6. The molecule has 8 aromatic rings. The van der Waals surface area contributed by atoms with Crippen LogP contribution in [0.5, 0.6) is 11.5 Å². The van der Waals surface area contributed by atoms with Crippen LogP contribution in [0.25, 0.3) is 44.1 Å². The number of aromatic nitrogens is 2. The zero-order chi connectivity index (χ0) is 94.6. The largest absolute Gasteiger partial charge is 1.00 e. The Morgan fingerprint density at radius 2 is 0.947 bits per heavy atom. The Balaban J connectivity index is 0.000000336. The zero-order valence-corrected chi connectivity index (χ0v) is 87.9. The molecule has 0 spiro atoms. The molecule has 0 bridgehead atoms. The van der Waals surface area contributed by atoms with Gasteiger partial charge in [-0.25, -0.2) is 29.1 Å². The van der Waals surface area contributed by atoms with Crippen molar-refractivity contribution in [3.63, 3.8) is 0 Å². The van der Waals surface area contributed by atoms with Crippen molar-refractivity contribution in [1.82, 2.24) is 40.2 Å². The van der Waals surface area contributed by atoms with E-state index in [1.807, 2.05) is 100 Å². The van der Waals surface area contributed by atoms with Gasteiger partial charge >= 0.3 is 127 Å². The first-order valence-electron chi connectivity index (χ1n) is 45.5. The summed E-state index contributed by atoms with van der Waals surface area (Å²) >= 11 is 3.10. The summed E-state index contributed by atoms with van der Waals surface area (Å²) in [6, 6.07) is 34.6. The van der Waals surface area contributed by atoms with Gasteiger partial charge in [-0.1, -0.05) is 106 Å². The molecule has 0 unspecified atom stereocenters. The molecule has 2 saturated heterocycles. The summed E-state index contributed by atoms with van der Waals surface area (Å²) in [5, 5.41) is 37.7. The Kier molecular flexibility index (Phi) is 48.7. The van der Waals surface area contributed by atoms with E-state index in [9.17, 15) is 43.5 Å². The number of anilines is 1. The van der Waals surface area contributed by atoms with E-state index >= 15 is 0 Å². The van der Waals surface area contributed by atoms with E-state index in [4.69, 9.17) is 57.9 Å². The first-order chi connectivity index (χ1) is 63.0. The Morgan fingerprint density at radius 3 is 1.40 bits per heavy atom. The number of phenolic OH excluding ortho intramolecular Hbond substituents is 1. The fourth-order valence-corrected chi connectivity index (χ4v) is 18.1. The predicted octanol–water partition coefficient (Wildman–Crippen LogP) is 10.3. The van der Waals surface area contributed by atoms with Crippen molar-refractivity contribution in [2.75, 3.05) is 113 Å². The Labute approximate surface area is 876 Å². The van der Waals surface area contributed by atoms with E-state index in [1.54, 1.807) is 122 Å². The molecule has 2 aliphatic carbocycles. The molecule has 4 fully saturated rings. The van der Waals surface area contributed by atoms with Crippen LogP contribution in [-0.2, 0) is 73.2 Å². The third-order valence-corrected chi connectivity index (χ3v) is 25.2. The second-order valence-electron chi connectivity index (χ2n) is 34.9. The van der Waals surface area contributed by atoms with Crippen molar-refractivity contribution in [3.8, 4) is 34.0 Å². The summed E-state index contributed by atoms with van der Waals surface area (Å²) < 4.78 is 48.8. The Hall–Kier alpha value is -7.60. The summed E-state index contributed by atoms with van der Waals surface area (Å²) in [5.41, 5.74) is 5.36. The standard InChI is InChI=1S/C48H63N5O9S.C34H44N4O5S.C16H24O4.CH2O3.2K.H/c1-32(52(5)47(57)62-48(2,3)4)43(54)51-42(33-13-8-7-9-14-33)45(55)53-25-12-17-40(53)44-50-39(31-63-44)37-22-23-41(38-16-11-10-15-36(37)38)61-30-29-60-28-27-59-26-24-49-35-20-18-34(19-21-35)46(56)58-6;1-21(37(5)33(42)43-34(2,3)4)30(40)36-29(22-12-7-6-8-13-22)32(41)38-19-11-16-27(38)31-35-26(20-44-31)24-17-18-28(39)25-15-10-9-14-23(24)25;1-3-10-19-12-13-20-11-4-5-14-6-8-15(9-7-14)16(17)18-2;2-1-4-3;;;/h10-11,15-16,18-23,31-33,40,42,49H,7-9,12-14,17,24-30H2,1-6H3,(H,51,54);9-10,14-15,17-18,20-22,27,29,39H,6-8,11-13,16,19H2,1-5H3,(H,36,40);6-9H,3-5,10-13H2,1-2H3;1,3H;;;/q;;;;2*+1;-1/p-1/t32-,40-,42-;21-,27-,29-;;;;;/m00...../s1. The number of aromatic hydroxyl groups is 1. The number of ether oxygens (including phenoxy) is 9. The smallest absolute Gasteiger partial charge is 1.00 e. The van der Waals surface area contributed by atoms with Crippen molar-refractivity contribution >= 4 is 104 Å². The van der Waals surface area contributed by atoms with Crippen LogP contribution in [-0.4, -0.2) is 232 Å². The van der Waals surface area contributed by atoms with Crippen LogP contribution < -0.4 is 129 Å². The quantitative estimate of drug-likeness (QED) is 0.00534. The molecule has 34 heteroatoms. The number of likely N-dealkylation sites (tertiary alicyclic amines) is 2. The topological polar surface area (TPSA) is 364 Å². The molecule has 714 valence electrons. The second-order valence-corrected chi connectivity index (χ2v) is 36.7. The maximum Gasteiger partial charge on any atom is 1.00 e. The van der Waals surface area contributed by atoms with Crippen LogP contribution in [0.4, 0.5) is 15.3 Å². The summed E-state index contributed by atoms with van der Waals surface area (Å²) in [7, 11) is 5.84. The van der Waals surface area contributed by atoms with Gasteiger partial charge in [-0.3, -0.25) is 33.8 Å². The number of carbonyl (C=O) groups excluding carboxylic acids is 9. The number of likely N-dealkylation sites (N-methyl/N-ethyl adjacent to an activating group) is 2. The number of benzene rings is 6. The molecule has 2 saturated carbocycles. The summed E-state index contributed by atoms with van der Waals surface area (Å²) in [6.45, 7) is 22.8. The summed E-state index contributed by atoms with van der Waals surface area (Å²) in [5.74, 6) is -0.526. The van der Waals surface area contributed by atoms with Gasteiger partial charge in [-0.15, -0.1) is 22.7 Å². The van der Waals surface area contributed by atoms with Gasteiger partial charge in [0.1, 0.15) is 63.5 Å². The van der Waals surface area contributed by atoms with Crippen molar-refractivity contribution < 1.29 is 205 Å². The first-order valence-corrected chi connectivity index (χ1v) is 47.3. The fourth-order valence-electron chi connectivity index (χ4n) is 16.2. The predicted molar refractivity (Wildman–Crippen MR) is 503 cm³/mol. The minimum Gasteiger partial charge on any atom is -1.00 e. The molecule has 133 heavy (non-hydrogen) atoms. The molecule has 4 heterocycles. The molecule has 0 radical (unpaired) electrons. The number of aryl methyl sites for hydroxylation is 1. The number of carbonyl (C=O) groups is 9. The van der Waals surface area contributed by atoms with Gasteiger partial charge in [0.25, 0.3) is 6.47 Å². The molecule has 2 aliphatic heterocycles. The van der Waals surface area contributed by atoms with E-state index in [0.717, 1.165) is 188 Å². The number of nitrogens with zero attached hydrogens (tertiary/aromatic N) is 6. The number of hydrogen-bond acceptors (Lipinski definition) is 26. The Bertz CT molecular complexity index is 4990. The Morgan fingerprint density at radius 1 is 0.534 bits per heavy atom.